The van der Waals surface area contributed by atoms with Crippen molar-refractivity contribution in [3.63, 3.8) is 0 Å². The molecular weight excluding hydrogens is 330 g/mol. The third kappa shape index (κ3) is 4.14. The predicted molar refractivity (Wildman–Crippen MR) is 102 cm³/mol. The van der Waals surface area contributed by atoms with Gasteiger partial charge in [0.1, 0.15) is 5.84 Å². The number of amidine groups is 1. The number of Topliss-reactive ketones (excluding diaryl/α,β-unsaturated/α-hetero) is 1. The van der Waals surface area contributed by atoms with Crippen LogP contribution in [0.5, 0.6) is 0 Å². The van der Waals surface area contributed by atoms with Gasteiger partial charge in [-0.05, 0) is 31.9 Å². The van der Waals surface area contributed by atoms with Crippen LogP contribution in [0.25, 0.3) is 0 Å². The zero-order valence-electron chi connectivity index (χ0n) is 14.7. The Hall–Kier alpha value is -3.02. The molecule has 3 rings (SSSR count). The molecule has 0 bridgehead atoms. The Kier molecular flexibility index (Phi) is 5.41. The van der Waals surface area contributed by atoms with Gasteiger partial charge in [-0.15, -0.1) is 0 Å². The number of rotatable bonds is 5. The number of anilines is 1. The molecule has 1 heterocycles. The zero-order chi connectivity index (χ0) is 18.5. The lowest BCUT2D eigenvalue weighted by Crippen LogP contribution is -2.37. The van der Waals surface area contributed by atoms with Gasteiger partial charge < -0.3 is 4.90 Å². The van der Waals surface area contributed by atoms with E-state index in [2.05, 4.69) is 4.99 Å². The van der Waals surface area contributed by atoms with E-state index >= 15 is 0 Å². The highest BCUT2D eigenvalue weighted by Crippen LogP contribution is 2.21. The van der Waals surface area contributed by atoms with E-state index in [9.17, 15) is 14.9 Å². The Morgan fingerprint density at radius 2 is 1.96 bits per heavy atom. The van der Waals surface area contributed by atoms with Gasteiger partial charge >= 0.3 is 0 Å². The van der Waals surface area contributed by atoms with Gasteiger partial charge in [0, 0.05) is 36.3 Å². The van der Waals surface area contributed by atoms with Gasteiger partial charge in [0.2, 0.25) is 0 Å². The number of non-ortho nitro benzene ring substituents is 1. The van der Waals surface area contributed by atoms with E-state index in [1.165, 1.54) is 12.1 Å². The molecule has 0 aromatic heterocycles. The summed E-state index contributed by atoms with van der Waals surface area (Å²) in [6.07, 6.45) is 2.94. The second kappa shape index (κ2) is 7.91. The van der Waals surface area contributed by atoms with Crippen molar-refractivity contribution >= 4 is 23.0 Å². The number of nitro groups is 1. The molecule has 0 saturated carbocycles. The van der Waals surface area contributed by atoms with Crippen molar-refractivity contribution in [3.05, 3.63) is 69.8 Å². The van der Waals surface area contributed by atoms with E-state index in [4.69, 9.17) is 0 Å². The number of aryl methyl sites for hydroxylation is 1. The lowest BCUT2D eigenvalue weighted by atomic mass is 10.1. The summed E-state index contributed by atoms with van der Waals surface area (Å²) in [4.78, 5) is 29.8. The summed E-state index contributed by atoms with van der Waals surface area (Å²) < 4.78 is 0. The van der Waals surface area contributed by atoms with E-state index in [-0.39, 0.29) is 18.0 Å². The minimum absolute atomic E-state index is 0.0762. The van der Waals surface area contributed by atoms with Gasteiger partial charge in [0.05, 0.1) is 11.5 Å². The fourth-order valence-electron chi connectivity index (χ4n) is 2.99. The zero-order valence-corrected chi connectivity index (χ0v) is 14.7. The largest absolute Gasteiger partial charge is 0.322 e. The molecule has 0 amide bonds. The molecule has 0 unspecified atom stereocenters. The van der Waals surface area contributed by atoms with Crippen LogP contribution >= 0.6 is 0 Å². The number of carbonyl (C=O) groups excluding carboxylic acids is 1. The maximum Gasteiger partial charge on any atom is 0.270 e. The first kappa shape index (κ1) is 17.8. The molecule has 0 fully saturated rings. The SMILES string of the molecule is Cc1ccc(N(CC(=O)c2cccc([N+](=O)[O-])c2)C2=NCCCC2)cc1. The molecule has 0 saturated heterocycles. The van der Waals surface area contributed by atoms with Crippen LogP contribution in [-0.2, 0) is 0 Å². The smallest absolute Gasteiger partial charge is 0.270 e. The van der Waals surface area contributed by atoms with Crippen molar-refractivity contribution in [2.75, 3.05) is 18.0 Å². The highest BCUT2D eigenvalue weighted by molar-refractivity contribution is 6.07. The standard InChI is InChI=1S/C20H21N3O3/c1-15-8-10-17(11-9-15)22(20-7-2-3-12-21-20)14-19(24)16-5-4-6-18(13-16)23(25)26/h4-6,8-11,13H,2-3,7,12,14H2,1H3. The molecule has 1 aliphatic rings. The van der Waals surface area contributed by atoms with Gasteiger partial charge in [0.15, 0.2) is 5.78 Å². The number of benzene rings is 2. The summed E-state index contributed by atoms with van der Waals surface area (Å²) in [7, 11) is 0. The van der Waals surface area contributed by atoms with Gasteiger partial charge in [-0.25, -0.2) is 0 Å². The van der Waals surface area contributed by atoms with Gasteiger partial charge in [-0.3, -0.25) is 19.9 Å². The summed E-state index contributed by atoms with van der Waals surface area (Å²) >= 11 is 0. The average Bonchev–Trinajstić information content (AvgIpc) is 2.67. The molecule has 2 aromatic rings. The highest BCUT2D eigenvalue weighted by Gasteiger charge is 2.21. The van der Waals surface area contributed by atoms with E-state index in [1.807, 2.05) is 36.1 Å². The molecule has 6 heteroatoms. The van der Waals surface area contributed by atoms with E-state index in [0.29, 0.717) is 5.56 Å². The number of aliphatic imine (C=N–C) groups is 1. The molecule has 0 radical (unpaired) electrons. The number of hydrogen-bond donors (Lipinski definition) is 0. The Morgan fingerprint density at radius 3 is 2.62 bits per heavy atom. The first-order valence-corrected chi connectivity index (χ1v) is 8.70. The van der Waals surface area contributed by atoms with Crippen molar-refractivity contribution in [2.45, 2.75) is 26.2 Å². The van der Waals surface area contributed by atoms with Crippen molar-refractivity contribution in [3.8, 4) is 0 Å². The molecule has 6 nitrogen and oxygen atoms in total. The van der Waals surface area contributed by atoms with Crippen LogP contribution in [-0.4, -0.2) is 29.6 Å². The second-order valence-corrected chi connectivity index (χ2v) is 6.41. The van der Waals surface area contributed by atoms with Crippen LogP contribution < -0.4 is 4.90 Å². The van der Waals surface area contributed by atoms with Crippen LogP contribution in [0.3, 0.4) is 0 Å². The highest BCUT2D eigenvalue weighted by atomic mass is 16.6. The van der Waals surface area contributed by atoms with Crippen molar-refractivity contribution in [2.24, 2.45) is 4.99 Å². The Bertz CT molecular complexity index is 844. The molecule has 26 heavy (non-hydrogen) atoms. The minimum atomic E-state index is -0.486. The number of carbonyl (C=O) groups is 1. The predicted octanol–water partition coefficient (Wildman–Crippen LogP) is 4.17. The van der Waals surface area contributed by atoms with E-state index in [0.717, 1.165) is 42.9 Å². The van der Waals surface area contributed by atoms with Gasteiger partial charge in [-0.1, -0.05) is 29.8 Å². The maximum atomic E-state index is 12.8. The normalized spacial score (nSPS) is 13.8. The first-order chi connectivity index (χ1) is 12.5. The van der Waals surface area contributed by atoms with Crippen LogP contribution in [0, 0.1) is 17.0 Å². The average molecular weight is 351 g/mol. The summed E-state index contributed by atoms with van der Waals surface area (Å²) in [6.45, 7) is 2.90. The number of nitrogens with zero attached hydrogens (tertiary/aromatic N) is 3. The Morgan fingerprint density at radius 1 is 1.19 bits per heavy atom. The van der Waals surface area contributed by atoms with E-state index < -0.39 is 4.92 Å². The minimum Gasteiger partial charge on any atom is -0.322 e. The van der Waals surface area contributed by atoms with Crippen LogP contribution in [0.1, 0.15) is 35.2 Å². The van der Waals surface area contributed by atoms with Crippen LogP contribution in [0.4, 0.5) is 11.4 Å². The quantitative estimate of drug-likeness (QED) is 0.460. The molecule has 1 aliphatic heterocycles. The number of nitro benzene ring substituents is 1. The van der Waals surface area contributed by atoms with Crippen molar-refractivity contribution in [1.29, 1.82) is 0 Å². The van der Waals surface area contributed by atoms with Crippen LogP contribution in [0.2, 0.25) is 0 Å². The van der Waals surface area contributed by atoms with Gasteiger partial charge in [-0.2, -0.15) is 0 Å². The summed E-state index contributed by atoms with van der Waals surface area (Å²) in [5.74, 6) is 0.737. The molecule has 2 aromatic carbocycles. The molecule has 0 atom stereocenters. The monoisotopic (exact) mass is 351 g/mol. The lowest BCUT2D eigenvalue weighted by molar-refractivity contribution is -0.384. The molecule has 134 valence electrons. The third-order valence-electron chi connectivity index (χ3n) is 4.44. The summed E-state index contributed by atoms with van der Waals surface area (Å²) in [5, 5.41) is 11.0. The van der Waals surface area contributed by atoms with Crippen molar-refractivity contribution < 1.29 is 9.72 Å². The third-order valence-corrected chi connectivity index (χ3v) is 4.44. The maximum absolute atomic E-state index is 12.8. The Labute approximate surface area is 152 Å². The topological polar surface area (TPSA) is 75.8 Å². The van der Waals surface area contributed by atoms with Gasteiger partial charge in [0.25, 0.3) is 5.69 Å². The molecule has 0 spiro atoms. The number of ketones is 1. The molecule has 0 aliphatic carbocycles. The molecular formula is C20H21N3O3. The molecule has 0 N–H and O–H groups in total. The van der Waals surface area contributed by atoms with Crippen LogP contribution in [0.15, 0.2) is 53.5 Å². The summed E-state index contributed by atoms with van der Waals surface area (Å²) in [5.41, 5.74) is 2.32. The first-order valence-electron chi connectivity index (χ1n) is 8.70. The fraction of sp³-hybridized carbons (Fsp3) is 0.300. The number of hydrogen-bond acceptors (Lipinski definition) is 5. The fourth-order valence-corrected chi connectivity index (χ4v) is 2.99. The lowest BCUT2D eigenvalue weighted by Gasteiger charge is -2.28. The summed E-state index contributed by atoms with van der Waals surface area (Å²) in [6, 6.07) is 13.8. The Balaban J connectivity index is 1.88. The van der Waals surface area contributed by atoms with E-state index in [1.54, 1.807) is 12.1 Å². The second-order valence-electron chi connectivity index (χ2n) is 6.41. The van der Waals surface area contributed by atoms with Crippen molar-refractivity contribution in [1.82, 2.24) is 0 Å².